The van der Waals surface area contributed by atoms with Gasteiger partial charge in [-0.25, -0.2) is 4.31 Å². The molecule has 0 saturated heterocycles. The third kappa shape index (κ3) is 6.21. The van der Waals surface area contributed by atoms with E-state index in [1.165, 1.54) is 24.5 Å². The summed E-state index contributed by atoms with van der Waals surface area (Å²) < 4.78 is 2.48. The Hall–Kier alpha value is 0.660. The van der Waals surface area contributed by atoms with Crippen LogP contribution in [0.2, 0.25) is 0 Å². The van der Waals surface area contributed by atoms with Crippen molar-refractivity contribution >= 4 is 23.7 Å². The summed E-state index contributed by atoms with van der Waals surface area (Å²) in [5, 5.41) is 0. The van der Waals surface area contributed by atoms with Crippen LogP contribution in [0.4, 0.5) is 0 Å². The first-order valence-corrected chi connectivity index (χ1v) is 6.94. The largest absolute Gasteiger partial charge is 0.248 e. The van der Waals surface area contributed by atoms with Gasteiger partial charge in [-0.1, -0.05) is 18.9 Å². The Balaban J connectivity index is 3.49. The molecule has 0 radical (unpaired) electrons. The Morgan fingerprint density at radius 3 is 2.33 bits per heavy atom. The summed E-state index contributed by atoms with van der Waals surface area (Å²) >= 11 is 3.92. The van der Waals surface area contributed by atoms with Gasteiger partial charge in [0.15, 0.2) is 0 Å². The summed E-state index contributed by atoms with van der Waals surface area (Å²) in [6.45, 7) is 7.99. The van der Waals surface area contributed by atoms with Gasteiger partial charge in [0, 0.05) is 24.1 Å². The maximum atomic E-state index is 2.48. The lowest BCUT2D eigenvalue weighted by Crippen LogP contribution is -2.25. The van der Waals surface area contributed by atoms with Crippen molar-refractivity contribution < 1.29 is 0 Å². The zero-order chi connectivity index (χ0) is 9.40. The van der Waals surface area contributed by atoms with E-state index in [1.54, 1.807) is 0 Å². The number of hydrogen-bond donors (Lipinski definition) is 0. The molecule has 0 aromatic carbocycles. The molecule has 1 nitrogen and oxygen atoms in total. The van der Waals surface area contributed by atoms with Crippen LogP contribution in [-0.4, -0.2) is 34.7 Å². The van der Waals surface area contributed by atoms with Gasteiger partial charge in [-0.05, 0) is 26.5 Å². The van der Waals surface area contributed by atoms with Crippen LogP contribution in [0.25, 0.3) is 0 Å². The van der Waals surface area contributed by atoms with Gasteiger partial charge in [0.2, 0.25) is 0 Å². The van der Waals surface area contributed by atoms with Crippen LogP contribution < -0.4 is 0 Å². The molecular formula is C9H21NS2. The molecule has 0 amide bonds. The summed E-state index contributed by atoms with van der Waals surface area (Å²) in [7, 11) is 0. The van der Waals surface area contributed by atoms with Gasteiger partial charge >= 0.3 is 0 Å². The smallest absolute Gasteiger partial charge is 0.0172 e. The van der Waals surface area contributed by atoms with E-state index in [2.05, 4.69) is 31.3 Å². The highest BCUT2D eigenvalue weighted by Gasteiger charge is 2.07. The van der Waals surface area contributed by atoms with E-state index in [-0.39, 0.29) is 0 Å². The van der Waals surface area contributed by atoms with Crippen molar-refractivity contribution in [1.82, 2.24) is 4.31 Å². The Labute approximate surface area is 85.8 Å². The molecule has 0 bridgehead atoms. The fourth-order valence-corrected chi connectivity index (χ4v) is 2.74. The molecule has 0 aromatic heterocycles. The quantitative estimate of drug-likeness (QED) is 0.466. The monoisotopic (exact) mass is 207 g/mol. The fourth-order valence-electron chi connectivity index (χ4n) is 0.930. The Bertz CT molecular complexity index is 96.5. The first kappa shape index (κ1) is 12.7. The van der Waals surface area contributed by atoms with Gasteiger partial charge < -0.3 is 0 Å². The second-order valence-electron chi connectivity index (χ2n) is 3.06. The minimum absolute atomic E-state index is 0.678. The molecule has 0 heterocycles. The summed E-state index contributed by atoms with van der Waals surface area (Å²) in [5.41, 5.74) is 0. The van der Waals surface area contributed by atoms with Crippen LogP contribution in [0.15, 0.2) is 0 Å². The summed E-state index contributed by atoms with van der Waals surface area (Å²) in [6, 6.07) is 0.678. The van der Waals surface area contributed by atoms with Gasteiger partial charge in [0.05, 0.1) is 0 Å². The molecule has 0 aromatic rings. The summed E-state index contributed by atoms with van der Waals surface area (Å²) in [6.07, 6.45) is 3.42. The normalized spacial score (nSPS) is 11.5. The first-order chi connectivity index (χ1) is 5.72. The lowest BCUT2D eigenvalue weighted by molar-refractivity contribution is 0.396. The molecule has 0 unspecified atom stereocenters. The average Bonchev–Trinajstić information content (AvgIpc) is 2.03. The first-order valence-electron chi connectivity index (χ1n) is 4.60. The lowest BCUT2D eigenvalue weighted by Gasteiger charge is -2.24. The van der Waals surface area contributed by atoms with Crippen LogP contribution in [-0.2, 0) is 0 Å². The number of nitrogens with zero attached hydrogens (tertiary/aromatic N) is 1. The molecule has 0 aliphatic carbocycles. The van der Waals surface area contributed by atoms with E-state index in [0.717, 1.165) is 0 Å². The molecule has 0 atom stereocenters. The molecule has 0 fully saturated rings. The third-order valence-corrected chi connectivity index (χ3v) is 3.76. The lowest BCUT2D eigenvalue weighted by atomic mass is 10.4. The van der Waals surface area contributed by atoms with Gasteiger partial charge in [0.1, 0.15) is 0 Å². The fraction of sp³-hybridized carbons (Fsp3) is 1.00. The molecule has 0 saturated carbocycles. The van der Waals surface area contributed by atoms with Crippen LogP contribution in [0, 0.1) is 0 Å². The van der Waals surface area contributed by atoms with Crippen molar-refractivity contribution in [3.63, 3.8) is 0 Å². The van der Waals surface area contributed by atoms with E-state index in [4.69, 9.17) is 0 Å². The highest BCUT2D eigenvalue weighted by atomic mass is 32.2. The number of rotatable bonds is 7. The molecule has 0 spiro atoms. The van der Waals surface area contributed by atoms with Crippen molar-refractivity contribution in [2.75, 3.05) is 24.3 Å². The highest BCUT2D eigenvalue weighted by Crippen LogP contribution is 2.15. The van der Waals surface area contributed by atoms with E-state index in [0.29, 0.717) is 6.04 Å². The SMILES string of the molecule is CCCN(SCCSC)C(C)C. The van der Waals surface area contributed by atoms with Crippen molar-refractivity contribution in [2.24, 2.45) is 0 Å². The topological polar surface area (TPSA) is 3.24 Å². The standard InChI is InChI=1S/C9H21NS2/c1-5-6-10(9(2)3)12-8-7-11-4/h9H,5-8H2,1-4H3. The zero-order valence-electron chi connectivity index (χ0n) is 8.67. The third-order valence-electron chi connectivity index (χ3n) is 1.56. The van der Waals surface area contributed by atoms with Crippen LogP contribution in [0.3, 0.4) is 0 Å². The number of hydrogen-bond acceptors (Lipinski definition) is 3. The van der Waals surface area contributed by atoms with Gasteiger partial charge in [-0.15, -0.1) is 0 Å². The Morgan fingerprint density at radius 2 is 1.92 bits per heavy atom. The van der Waals surface area contributed by atoms with E-state index < -0.39 is 0 Å². The minimum Gasteiger partial charge on any atom is -0.248 e. The molecule has 0 rings (SSSR count). The van der Waals surface area contributed by atoms with Crippen molar-refractivity contribution in [1.29, 1.82) is 0 Å². The maximum absolute atomic E-state index is 2.48. The number of thioether (sulfide) groups is 1. The van der Waals surface area contributed by atoms with Gasteiger partial charge in [0.25, 0.3) is 0 Å². The molecule has 74 valence electrons. The van der Waals surface area contributed by atoms with E-state index >= 15 is 0 Å². The Kier molecular flexibility index (Phi) is 8.72. The average molecular weight is 207 g/mol. The van der Waals surface area contributed by atoms with E-state index in [9.17, 15) is 0 Å². The Morgan fingerprint density at radius 1 is 1.25 bits per heavy atom. The van der Waals surface area contributed by atoms with Crippen LogP contribution in [0.1, 0.15) is 27.2 Å². The van der Waals surface area contributed by atoms with Gasteiger partial charge in [-0.2, -0.15) is 11.8 Å². The molecule has 0 N–H and O–H groups in total. The van der Waals surface area contributed by atoms with Crippen LogP contribution in [0.5, 0.6) is 0 Å². The van der Waals surface area contributed by atoms with Crippen molar-refractivity contribution in [3.05, 3.63) is 0 Å². The van der Waals surface area contributed by atoms with E-state index in [1.807, 2.05) is 23.7 Å². The molecular weight excluding hydrogens is 186 g/mol. The van der Waals surface area contributed by atoms with Crippen molar-refractivity contribution in [3.8, 4) is 0 Å². The maximum Gasteiger partial charge on any atom is 0.0172 e. The molecule has 12 heavy (non-hydrogen) atoms. The van der Waals surface area contributed by atoms with Gasteiger partial charge in [-0.3, -0.25) is 0 Å². The van der Waals surface area contributed by atoms with Crippen LogP contribution >= 0.6 is 23.7 Å². The highest BCUT2D eigenvalue weighted by molar-refractivity contribution is 8.01. The summed E-state index contributed by atoms with van der Waals surface area (Å²) in [4.78, 5) is 0. The zero-order valence-corrected chi connectivity index (χ0v) is 10.3. The predicted molar refractivity (Wildman–Crippen MR) is 63.0 cm³/mol. The predicted octanol–water partition coefficient (Wildman–Crippen LogP) is 3.12. The molecule has 3 heteroatoms. The molecule has 0 aliphatic heterocycles. The second kappa shape index (κ2) is 8.27. The second-order valence-corrected chi connectivity index (χ2v) is 5.18. The van der Waals surface area contributed by atoms with Crippen molar-refractivity contribution in [2.45, 2.75) is 33.2 Å². The minimum atomic E-state index is 0.678. The summed E-state index contributed by atoms with van der Waals surface area (Å²) in [5.74, 6) is 2.51. The molecule has 0 aliphatic rings.